The summed E-state index contributed by atoms with van der Waals surface area (Å²) in [7, 11) is -3.64. The van der Waals surface area contributed by atoms with Gasteiger partial charge in [0.15, 0.2) is 6.29 Å². The Balaban J connectivity index is 1.80. The Bertz CT molecular complexity index is 1170. The topological polar surface area (TPSA) is 79.4 Å². The Morgan fingerprint density at radius 3 is 2.79 bits per heavy atom. The zero-order chi connectivity index (χ0) is 20.8. The van der Waals surface area contributed by atoms with Gasteiger partial charge in [0.1, 0.15) is 9.22 Å². The van der Waals surface area contributed by atoms with Crippen molar-refractivity contribution in [2.24, 2.45) is 0 Å². The van der Waals surface area contributed by atoms with Gasteiger partial charge >= 0.3 is 0 Å². The van der Waals surface area contributed by atoms with Crippen molar-refractivity contribution < 1.29 is 13.2 Å². The molecule has 0 spiro atoms. The molecular formula is C20H21N3O3S3. The number of nitrogens with zero attached hydrogens (tertiary/aromatic N) is 2. The fraction of sp³-hybridized carbons (Fsp3) is 0.300. The number of fused-ring (bicyclic) bond motifs is 1. The highest BCUT2D eigenvalue weighted by molar-refractivity contribution is 7.94. The molecule has 0 saturated carbocycles. The van der Waals surface area contributed by atoms with E-state index < -0.39 is 10.0 Å². The second-order valence-electron chi connectivity index (χ2n) is 6.91. The van der Waals surface area contributed by atoms with Crippen LogP contribution in [0.1, 0.15) is 44.3 Å². The van der Waals surface area contributed by atoms with E-state index in [9.17, 15) is 13.2 Å². The number of rotatable bonds is 6. The number of thiophene rings is 1. The van der Waals surface area contributed by atoms with Gasteiger partial charge < -0.3 is 5.32 Å². The van der Waals surface area contributed by atoms with Crippen LogP contribution in [-0.2, 0) is 16.4 Å². The molecule has 0 amide bonds. The van der Waals surface area contributed by atoms with Crippen LogP contribution >= 0.6 is 22.7 Å². The van der Waals surface area contributed by atoms with Crippen LogP contribution in [0, 0.1) is 13.8 Å². The summed E-state index contributed by atoms with van der Waals surface area (Å²) in [6.45, 7) is 6.24. The highest BCUT2D eigenvalue weighted by Gasteiger charge is 2.33. The molecule has 0 radical (unpaired) electrons. The molecule has 0 aliphatic carbocycles. The van der Waals surface area contributed by atoms with Crippen molar-refractivity contribution in [3.63, 3.8) is 0 Å². The van der Waals surface area contributed by atoms with E-state index in [4.69, 9.17) is 0 Å². The van der Waals surface area contributed by atoms with Gasteiger partial charge in [0, 0.05) is 19.2 Å². The summed E-state index contributed by atoms with van der Waals surface area (Å²) >= 11 is 2.58. The van der Waals surface area contributed by atoms with Crippen molar-refractivity contribution in [2.45, 2.75) is 37.4 Å². The molecule has 3 heterocycles. The van der Waals surface area contributed by atoms with Gasteiger partial charge in [-0.25, -0.2) is 13.4 Å². The van der Waals surface area contributed by atoms with Crippen LogP contribution in [0.4, 0.5) is 11.4 Å². The Kier molecular flexibility index (Phi) is 5.22. The molecule has 1 unspecified atom stereocenters. The molecule has 1 aromatic carbocycles. The van der Waals surface area contributed by atoms with Crippen LogP contribution in [0.3, 0.4) is 0 Å². The Labute approximate surface area is 178 Å². The lowest BCUT2D eigenvalue weighted by Gasteiger charge is -2.26. The number of thiazole rings is 1. The predicted molar refractivity (Wildman–Crippen MR) is 118 cm³/mol. The molecule has 1 aliphatic heterocycles. The maximum Gasteiger partial charge on any atom is 0.273 e. The molecular weight excluding hydrogens is 426 g/mol. The molecule has 2 aromatic heterocycles. The minimum atomic E-state index is -3.64. The number of sulfonamides is 1. The summed E-state index contributed by atoms with van der Waals surface area (Å²) in [5.74, 6) is 0. The largest absolute Gasteiger partial charge is 0.374 e. The summed E-state index contributed by atoms with van der Waals surface area (Å²) in [5, 5.41) is 6.09. The zero-order valence-electron chi connectivity index (χ0n) is 16.3. The fourth-order valence-electron chi connectivity index (χ4n) is 3.66. The summed E-state index contributed by atoms with van der Waals surface area (Å²) in [6, 6.07) is 5.25. The first-order valence-corrected chi connectivity index (χ1v) is 12.4. The van der Waals surface area contributed by atoms with E-state index in [-0.39, 0.29) is 6.04 Å². The Morgan fingerprint density at radius 2 is 2.17 bits per heavy atom. The van der Waals surface area contributed by atoms with Crippen LogP contribution in [0.25, 0.3) is 0 Å². The first-order chi connectivity index (χ1) is 13.9. The molecule has 29 heavy (non-hydrogen) atoms. The van der Waals surface area contributed by atoms with Crippen LogP contribution < -0.4 is 9.62 Å². The number of carbonyl (C=O) groups excluding carboxylic acids is 1. The third kappa shape index (κ3) is 3.37. The minimum absolute atomic E-state index is 0.0777. The molecule has 1 atom stereocenters. The van der Waals surface area contributed by atoms with Crippen molar-refractivity contribution in [3.8, 4) is 0 Å². The van der Waals surface area contributed by atoms with Gasteiger partial charge in [-0.3, -0.25) is 9.10 Å². The average Bonchev–Trinajstić information content (AvgIpc) is 3.46. The lowest BCUT2D eigenvalue weighted by atomic mass is 9.98. The molecule has 4 rings (SSSR count). The first kappa shape index (κ1) is 20.1. The maximum atomic E-state index is 13.3. The summed E-state index contributed by atoms with van der Waals surface area (Å²) in [6.07, 6.45) is 3.09. The van der Waals surface area contributed by atoms with E-state index >= 15 is 0 Å². The summed E-state index contributed by atoms with van der Waals surface area (Å²) in [4.78, 5) is 16.0. The van der Waals surface area contributed by atoms with Crippen molar-refractivity contribution in [1.82, 2.24) is 4.98 Å². The van der Waals surface area contributed by atoms with Crippen molar-refractivity contribution in [2.75, 3.05) is 16.2 Å². The third-order valence-electron chi connectivity index (χ3n) is 5.23. The van der Waals surface area contributed by atoms with Crippen molar-refractivity contribution >= 4 is 50.4 Å². The minimum Gasteiger partial charge on any atom is -0.374 e. The smallest absolute Gasteiger partial charge is 0.273 e. The van der Waals surface area contributed by atoms with E-state index in [0.29, 0.717) is 27.7 Å². The normalized spacial score (nSPS) is 15.8. The Morgan fingerprint density at radius 1 is 1.38 bits per heavy atom. The lowest BCUT2D eigenvalue weighted by Crippen LogP contribution is -2.31. The van der Waals surface area contributed by atoms with E-state index in [1.54, 1.807) is 23.7 Å². The van der Waals surface area contributed by atoms with Crippen LogP contribution in [0.15, 0.2) is 34.0 Å². The van der Waals surface area contributed by atoms with Gasteiger partial charge in [0.05, 0.1) is 22.3 Å². The molecule has 1 aliphatic rings. The second kappa shape index (κ2) is 7.55. The molecule has 9 heteroatoms. The second-order valence-corrected chi connectivity index (χ2v) is 11.0. The van der Waals surface area contributed by atoms with Crippen LogP contribution in [-0.4, -0.2) is 26.2 Å². The number of anilines is 2. The van der Waals surface area contributed by atoms with E-state index in [0.717, 1.165) is 33.7 Å². The SMILES string of the molecule is CCN(c1cc(C)c(C)c2c1NC(c1ncc(C=O)s1)C2)S(=O)(=O)c1cccs1. The Hall–Kier alpha value is -2.23. The van der Waals surface area contributed by atoms with Crippen LogP contribution in [0.5, 0.6) is 0 Å². The quantitative estimate of drug-likeness (QED) is 0.561. The number of hydrogen-bond donors (Lipinski definition) is 1. The lowest BCUT2D eigenvalue weighted by molar-refractivity contribution is 0.112. The number of aromatic nitrogens is 1. The zero-order valence-corrected chi connectivity index (χ0v) is 18.7. The number of carbonyl (C=O) groups is 1. The molecule has 0 saturated heterocycles. The van der Waals surface area contributed by atoms with Crippen LogP contribution in [0.2, 0.25) is 0 Å². The summed E-state index contributed by atoms with van der Waals surface area (Å²) in [5.41, 5.74) is 4.80. The molecule has 6 nitrogen and oxygen atoms in total. The summed E-state index contributed by atoms with van der Waals surface area (Å²) < 4.78 is 28.3. The average molecular weight is 448 g/mol. The molecule has 3 aromatic rings. The van der Waals surface area contributed by atoms with Gasteiger partial charge in [0.25, 0.3) is 10.0 Å². The van der Waals surface area contributed by atoms with E-state index in [2.05, 4.69) is 17.2 Å². The highest BCUT2D eigenvalue weighted by atomic mass is 32.2. The van der Waals surface area contributed by atoms with Gasteiger partial charge in [-0.05, 0) is 55.0 Å². The standard InChI is InChI=1S/C20H21N3O3S3/c1-4-23(29(25,26)18-6-5-7-27-18)17-8-12(2)13(3)15-9-16(22-19(15)17)20-21-10-14(11-24)28-20/h5-8,10-11,16,22H,4,9H2,1-3H3. The molecule has 0 bridgehead atoms. The number of aryl methyl sites for hydroxylation is 1. The maximum absolute atomic E-state index is 13.3. The van der Waals surface area contributed by atoms with E-state index in [1.165, 1.54) is 27.0 Å². The third-order valence-corrected chi connectivity index (χ3v) is 9.53. The van der Waals surface area contributed by atoms with Gasteiger partial charge in [0.2, 0.25) is 0 Å². The number of aldehydes is 1. The van der Waals surface area contributed by atoms with E-state index in [1.807, 2.05) is 19.9 Å². The highest BCUT2D eigenvalue weighted by Crippen LogP contribution is 2.45. The number of nitrogens with one attached hydrogen (secondary N) is 1. The van der Waals surface area contributed by atoms with Gasteiger partial charge in [-0.2, -0.15) is 0 Å². The molecule has 0 fully saturated rings. The van der Waals surface area contributed by atoms with Gasteiger partial charge in [-0.15, -0.1) is 22.7 Å². The van der Waals surface area contributed by atoms with Gasteiger partial charge in [-0.1, -0.05) is 6.07 Å². The fourth-order valence-corrected chi connectivity index (χ4v) is 7.03. The monoisotopic (exact) mass is 447 g/mol. The molecule has 1 N–H and O–H groups in total. The molecule has 152 valence electrons. The van der Waals surface area contributed by atoms with Crippen molar-refractivity contribution in [1.29, 1.82) is 0 Å². The number of hydrogen-bond acceptors (Lipinski definition) is 7. The van der Waals surface area contributed by atoms with Crippen molar-refractivity contribution in [3.05, 3.63) is 56.4 Å². The number of benzene rings is 1. The predicted octanol–water partition coefficient (Wildman–Crippen LogP) is 4.56. The first-order valence-electron chi connectivity index (χ1n) is 9.23.